The molecule has 0 radical (unpaired) electrons. The van der Waals surface area contributed by atoms with Gasteiger partial charge in [-0.2, -0.15) is 0 Å². The number of carbonyl (C=O) groups is 2. The van der Waals surface area contributed by atoms with Crippen LogP contribution in [0.15, 0.2) is 71.4 Å². The van der Waals surface area contributed by atoms with E-state index >= 15 is 0 Å². The Morgan fingerprint density at radius 2 is 1.69 bits per heavy atom. The largest absolute Gasteiger partial charge is 0.489 e. The van der Waals surface area contributed by atoms with Crippen molar-refractivity contribution in [2.75, 3.05) is 13.7 Å². The van der Waals surface area contributed by atoms with Crippen LogP contribution in [0.1, 0.15) is 15.9 Å². The average Bonchev–Trinajstić information content (AvgIpc) is 2.72. The Morgan fingerprint density at radius 3 is 2.17 bits per heavy atom. The third-order valence-electron chi connectivity index (χ3n) is 3.47. The van der Waals surface area contributed by atoms with Crippen molar-refractivity contribution in [3.63, 3.8) is 0 Å². The number of rotatable bonds is 6. The third-order valence-corrected chi connectivity index (χ3v) is 3.70. The predicted molar refractivity (Wildman–Crippen MR) is 110 cm³/mol. The molecular weight excluding hydrogens is 399 g/mol. The number of nitrogens with two attached hydrogens (primary N) is 2. The highest BCUT2D eigenvalue weighted by atomic mass is 35.5. The molecule has 0 aliphatic rings. The molecule has 6 nitrogen and oxygen atoms in total. The van der Waals surface area contributed by atoms with Gasteiger partial charge >= 0.3 is 5.97 Å². The number of amides is 1. The minimum absolute atomic E-state index is 0.0783. The van der Waals surface area contributed by atoms with Crippen LogP contribution in [0.3, 0.4) is 0 Å². The van der Waals surface area contributed by atoms with Crippen molar-refractivity contribution < 1.29 is 23.5 Å². The lowest BCUT2D eigenvalue weighted by Crippen LogP contribution is -2.19. The van der Waals surface area contributed by atoms with Crippen LogP contribution in [-0.2, 0) is 9.53 Å². The van der Waals surface area contributed by atoms with Gasteiger partial charge in [0.15, 0.2) is 0 Å². The predicted octanol–water partition coefficient (Wildman–Crippen LogP) is 3.44. The van der Waals surface area contributed by atoms with Crippen LogP contribution in [-0.4, -0.2) is 25.6 Å². The Bertz CT molecular complexity index is 879. The second-order valence-electron chi connectivity index (χ2n) is 5.69. The summed E-state index contributed by atoms with van der Waals surface area (Å²) < 4.78 is 22.5. The van der Waals surface area contributed by atoms with Crippen LogP contribution in [0, 0.1) is 12.7 Å². The summed E-state index contributed by atoms with van der Waals surface area (Å²) in [5, 5.41) is 0.173. The molecule has 29 heavy (non-hydrogen) atoms. The molecule has 0 aliphatic carbocycles. The number of hydrogen-bond acceptors (Lipinski definition) is 5. The number of primary amides is 1. The number of carbonyl (C=O) groups excluding carboxylic acids is 2. The highest BCUT2D eigenvalue weighted by molar-refractivity contribution is 6.31. The maximum absolute atomic E-state index is 12.7. The van der Waals surface area contributed by atoms with E-state index in [0.717, 1.165) is 11.8 Å². The van der Waals surface area contributed by atoms with Gasteiger partial charge in [0.05, 0.1) is 23.3 Å². The van der Waals surface area contributed by atoms with Crippen molar-refractivity contribution in [3.05, 3.63) is 88.4 Å². The van der Waals surface area contributed by atoms with E-state index in [-0.39, 0.29) is 29.0 Å². The highest BCUT2D eigenvalue weighted by Crippen LogP contribution is 2.13. The Labute approximate surface area is 173 Å². The summed E-state index contributed by atoms with van der Waals surface area (Å²) in [6.07, 6.45) is 2.44. The fourth-order valence-corrected chi connectivity index (χ4v) is 2.03. The number of benzene rings is 2. The number of halogens is 2. The Hall–Kier alpha value is -3.32. The molecule has 2 rings (SSSR count). The summed E-state index contributed by atoms with van der Waals surface area (Å²) in [5.74, 6) is -0.916. The summed E-state index contributed by atoms with van der Waals surface area (Å²) in [6, 6.07) is 12.6. The van der Waals surface area contributed by atoms with Crippen molar-refractivity contribution in [2.45, 2.75) is 6.92 Å². The van der Waals surface area contributed by atoms with E-state index in [4.69, 9.17) is 27.8 Å². The van der Waals surface area contributed by atoms with Gasteiger partial charge in [-0.3, -0.25) is 4.79 Å². The van der Waals surface area contributed by atoms with Crippen molar-refractivity contribution in [2.24, 2.45) is 11.5 Å². The van der Waals surface area contributed by atoms with E-state index in [9.17, 15) is 14.0 Å². The number of esters is 1. The zero-order valence-corrected chi connectivity index (χ0v) is 16.8. The van der Waals surface area contributed by atoms with Gasteiger partial charge in [-0.15, -0.1) is 0 Å². The maximum Gasteiger partial charge on any atom is 0.337 e. The van der Waals surface area contributed by atoms with Gasteiger partial charge in [-0.25, -0.2) is 9.18 Å². The van der Waals surface area contributed by atoms with E-state index in [1.165, 1.54) is 37.5 Å². The molecule has 0 unspecified atom stereocenters. The quantitative estimate of drug-likeness (QED) is 0.423. The summed E-state index contributed by atoms with van der Waals surface area (Å²) in [5.41, 5.74) is 12.2. The van der Waals surface area contributed by atoms with Crippen LogP contribution in [0.2, 0.25) is 0 Å². The normalized spacial score (nSPS) is 11.2. The molecule has 0 aromatic heterocycles. The molecular formula is C21H22ClFN2O4. The lowest BCUT2D eigenvalue weighted by atomic mass is 10.2. The molecule has 0 saturated carbocycles. The lowest BCUT2D eigenvalue weighted by Gasteiger charge is -2.07. The van der Waals surface area contributed by atoms with Crippen molar-refractivity contribution >= 4 is 23.5 Å². The minimum atomic E-state index is -0.669. The third kappa shape index (κ3) is 8.94. The Kier molecular flexibility index (Phi) is 9.98. The molecule has 4 N–H and O–H groups in total. The molecule has 154 valence electrons. The fraction of sp³-hybridized carbons (Fsp3) is 0.143. The van der Waals surface area contributed by atoms with Gasteiger partial charge in [0.1, 0.15) is 18.2 Å². The van der Waals surface area contributed by atoms with Gasteiger partial charge < -0.3 is 20.9 Å². The topological polar surface area (TPSA) is 105 Å². The standard InChI is InChI=1S/C12H12ClFN2O2.C9H10O2/c13-9(6-15)5-8(12(16)17)7-18-11-3-1-10(14)2-4-11;1-7-3-5-8(6-4-7)9(10)11-2/h1-6H,7,15H2,(H2,16,17);3-6H,1-2H3/b8-5+,9-6+;. The highest BCUT2D eigenvalue weighted by Gasteiger charge is 2.07. The Morgan fingerprint density at radius 1 is 1.10 bits per heavy atom. The van der Waals surface area contributed by atoms with Crippen LogP contribution >= 0.6 is 11.6 Å². The summed E-state index contributed by atoms with van der Waals surface area (Å²) >= 11 is 5.65. The number of ether oxygens (including phenoxy) is 2. The molecule has 0 atom stereocenters. The van der Waals surface area contributed by atoms with Crippen molar-refractivity contribution in [1.82, 2.24) is 0 Å². The van der Waals surface area contributed by atoms with Crippen LogP contribution < -0.4 is 16.2 Å². The van der Waals surface area contributed by atoms with Crippen molar-refractivity contribution in [3.8, 4) is 5.75 Å². The molecule has 0 aliphatic heterocycles. The summed E-state index contributed by atoms with van der Waals surface area (Å²) in [4.78, 5) is 22.0. The first-order valence-corrected chi connectivity index (χ1v) is 8.75. The fourth-order valence-electron chi connectivity index (χ4n) is 1.90. The monoisotopic (exact) mass is 420 g/mol. The molecule has 0 bridgehead atoms. The second-order valence-corrected chi connectivity index (χ2v) is 6.12. The lowest BCUT2D eigenvalue weighted by molar-refractivity contribution is -0.114. The van der Waals surface area contributed by atoms with E-state index in [0.29, 0.717) is 11.3 Å². The minimum Gasteiger partial charge on any atom is -0.489 e. The van der Waals surface area contributed by atoms with Crippen LogP contribution in [0.5, 0.6) is 5.75 Å². The molecule has 2 aromatic rings. The first kappa shape index (κ1) is 23.7. The molecule has 0 heterocycles. The van der Waals surface area contributed by atoms with Crippen LogP contribution in [0.4, 0.5) is 4.39 Å². The van der Waals surface area contributed by atoms with Gasteiger partial charge in [0.25, 0.3) is 0 Å². The zero-order valence-electron chi connectivity index (χ0n) is 16.0. The molecule has 2 aromatic carbocycles. The van der Waals surface area contributed by atoms with Gasteiger partial charge in [-0.05, 0) is 49.4 Å². The SMILES string of the molecule is COC(=O)c1ccc(C)cc1.N/C=C(Cl)\C=C(/COc1ccc(F)cc1)C(N)=O. The molecule has 0 spiro atoms. The maximum atomic E-state index is 12.7. The summed E-state index contributed by atoms with van der Waals surface area (Å²) in [6.45, 7) is 1.89. The number of allylic oxidation sites excluding steroid dienone is 2. The molecule has 8 heteroatoms. The number of hydrogen-bond donors (Lipinski definition) is 2. The van der Waals surface area contributed by atoms with Gasteiger partial charge in [0, 0.05) is 6.20 Å². The zero-order chi connectivity index (χ0) is 21.8. The van der Waals surface area contributed by atoms with Gasteiger partial charge in [0.2, 0.25) is 5.91 Å². The summed E-state index contributed by atoms with van der Waals surface area (Å²) in [7, 11) is 1.38. The average molecular weight is 421 g/mol. The van der Waals surface area contributed by atoms with Crippen LogP contribution in [0.25, 0.3) is 0 Å². The van der Waals surface area contributed by atoms with E-state index in [1.54, 1.807) is 12.1 Å². The molecule has 1 amide bonds. The van der Waals surface area contributed by atoms with E-state index in [2.05, 4.69) is 4.74 Å². The molecule has 0 fully saturated rings. The van der Waals surface area contributed by atoms with E-state index < -0.39 is 5.91 Å². The molecule has 0 saturated heterocycles. The van der Waals surface area contributed by atoms with Crippen molar-refractivity contribution in [1.29, 1.82) is 0 Å². The first-order valence-electron chi connectivity index (χ1n) is 8.38. The number of aryl methyl sites for hydroxylation is 1. The smallest absolute Gasteiger partial charge is 0.337 e. The Balaban J connectivity index is 0.000000326. The first-order chi connectivity index (χ1) is 13.8. The van der Waals surface area contributed by atoms with Gasteiger partial charge in [-0.1, -0.05) is 29.3 Å². The van der Waals surface area contributed by atoms with E-state index in [1.807, 2.05) is 19.1 Å². The number of methoxy groups -OCH3 is 1. The second kappa shape index (κ2) is 12.2.